The molecule has 1 heterocycles. The highest BCUT2D eigenvalue weighted by Crippen LogP contribution is 2.31. The normalized spacial score (nSPS) is 11.5. The van der Waals surface area contributed by atoms with E-state index in [9.17, 15) is 0 Å². The summed E-state index contributed by atoms with van der Waals surface area (Å²) in [7, 11) is 0. The van der Waals surface area contributed by atoms with Crippen molar-refractivity contribution in [3.63, 3.8) is 0 Å². The minimum Gasteiger partial charge on any atom is -0.261 e. The van der Waals surface area contributed by atoms with Crippen molar-refractivity contribution in [1.82, 2.24) is 4.98 Å². The quantitative estimate of drug-likeness (QED) is 0.700. The lowest BCUT2D eigenvalue weighted by Gasteiger charge is -2.24. The van der Waals surface area contributed by atoms with Crippen LogP contribution in [0.5, 0.6) is 0 Å². The monoisotopic (exact) mass is 202 g/mol. The fourth-order valence-electron chi connectivity index (χ4n) is 1.80. The summed E-state index contributed by atoms with van der Waals surface area (Å²) >= 11 is 0. The van der Waals surface area contributed by atoms with Crippen molar-refractivity contribution in [3.8, 4) is 6.07 Å². The third-order valence-electron chi connectivity index (χ3n) is 2.40. The van der Waals surface area contributed by atoms with Crippen LogP contribution in [0.3, 0.4) is 0 Å². The largest absolute Gasteiger partial charge is 0.261 e. The standard InChI is InChI=1S/C13H18N2/c1-9(2)12-11(13(3,4)5)10(8-14)6-7-15-12/h6-7,9H,1-5H3. The van der Waals surface area contributed by atoms with Gasteiger partial charge in [0.1, 0.15) is 0 Å². The Morgan fingerprint density at radius 2 is 1.93 bits per heavy atom. The highest BCUT2D eigenvalue weighted by Gasteiger charge is 2.23. The highest BCUT2D eigenvalue weighted by molar-refractivity contribution is 5.44. The number of aromatic nitrogens is 1. The summed E-state index contributed by atoms with van der Waals surface area (Å²) in [6, 6.07) is 4.06. The lowest BCUT2D eigenvalue weighted by Crippen LogP contribution is -2.18. The van der Waals surface area contributed by atoms with Crippen LogP contribution in [0.2, 0.25) is 0 Å². The van der Waals surface area contributed by atoms with Crippen LogP contribution in [0.1, 0.15) is 57.4 Å². The molecule has 0 spiro atoms. The van der Waals surface area contributed by atoms with E-state index in [-0.39, 0.29) is 5.41 Å². The van der Waals surface area contributed by atoms with Crippen LogP contribution >= 0.6 is 0 Å². The van der Waals surface area contributed by atoms with Gasteiger partial charge in [-0.05, 0) is 23.0 Å². The Labute approximate surface area is 92.0 Å². The summed E-state index contributed by atoms with van der Waals surface area (Å²) in [5, 5.41) is 9.11. The van der Waals surface area contributed by atoms with Gasteiger partial charge < -0.3 is 0 Å². The molecule has 0 bridgehead atoms. The first-order valence-electron chi connectivity index (χ1n) is 5.27. The summed E-state index contributed by atoms with van der Waals surface area (Å²) in [6.07, 6.45) is 1.73. The van der Waals surface area contributed by atoms with E-state index < -0.39 is 0 Å². The van der Waals surface area contributed by atoms with Gasteiger partial charge in [0.15, 0.2) is 0 Å². The maximum absolute atomic E-state index is 9.11. The Balaban J connectivity index is 3.50. The van der Waals surface area contributed by atoms with Gasteiger partial charge in [-0.25, -0.2) is 0 Å². The van der Waals surface area contributed by atoms with Gasteiger partial charge in [-0.1, -0.05) is 34.6 Å². The number of hydrogen-bond acceptors (Lipinski definition) is 2. The van der Waals surface area contributed by atoms with E-state index in [1.54, 1.807) is 12.3 Å². The molecule has 0 saturated carbocycles. The van der Waals surface area contributed by atoms with Gasteiger partial charge in [0.25, 0.3) is 0 Å². The molecule has 0 N–H and O–H groups in total. The molecule has 0 aromatic carbocycles. The molecule has 15 heavy (non-hydrogen) atoms. The van der Waals surface area contributed by atoms with Gasteiger partial charge in [0.2, 0.25) is 0 Å². The number of hydrogen-bond donors (Lipinski definition) is 0. The lowest BCUT2D eigenvalue weighted by molar-refractivity contribution is 0.568. The molecule has 0 amide bonds. The minimum absolute atomic E-state index is 0.0288. The van der Waals surface area contributed by atoms with Crippen molar-refractivity contribution in [2.24, 2.45) is 0 Å². The molecule has 0 unspecified atom stereocenters. The second-order valence-electron chi connectivity index (χ2n) is 5.14. The molecule has 0 radical (unpaired) electrons. The van der Waals surface area contributed by atoms with Crippen molar-refractivity contribution >= 4 is 0 Å². The van der Waals surface area contributed by atoms with Gasteiger partial charge in [0, 0.05) is 11.9 Å². The maximum atomic E-state index is 9.11. The molecule has 0 saturated heterocycles. The summed E-state index contributed by atoms with van der Waals surface area (Å²) in [5.74, 6) is 0.354. The molecule has 0 aliphatic heterocycles. The Hall–Kier alpha value is -1.36. The Kier molecular flexibility index (Phi) is 3.14. The molecule has 2 nitrogen and oxygen atoms in total. The smallest absolute Gasteiger partial charge is 0.0996 e. The van der Waals surface area contributed by atoms with Crippen molar-refractivity contribution in [3.05, 3.63) is 29.1 Å². The molecule has 0 atom stereocenters. The number of rotatable bonds is 1. The molecule has 2 heteroatoms. The fourth-order valence-corrected chi connectivity index (χ4v) is 1.80. The molecule has 0 fully saturated rings. The van der Waals surface area contributed by atoms with Gasteiger partial charge in [-0.2, -0.15) is 5.26 Å². The molecule has 0 aliphatic rings. The van der Waals surface area contributed by atoms with E-state index >= 15 is 0 Å². The Morgan fingerprint density at radius 1 is 1.33 bits per heavy atom. The van der Waals surface area contributed by atoms with Gasteiger partial charge >= 0.3 is 0 Å². The summed E-state index contributed by atoms with van der Waals surface area (Å²) < 4.78 is 0. The average molecular weight is 202 g/mol. The first kappa shape index (κ1) is 11.7. The van der Waals surface area contributed by atoms with E-state index in [2.05, 4.69) is 45.7 Å². The van der Waals surface area contributed by atoms with Crippen LogP contribution < -0.4 is 0 Å². The first-order valence-corrected chi connectivity index (χ1v) is 5.27. The van der Waals surface area contributed by atoms with Crippen molar-refractivity contribution < 1.29 is 0 Å². The highest BCUT2D eigenvalue weighted by atomic mass is 14.7. The SMILES string of the molecule is CC(C)c1nccc(C#N)c1C(C)(C)C. The van der Waals surface area contributed by atoms with Crippen molar-refractivity contribution in [2.45, 2.75) is 46.0 Å². The van der Waals surface area contributed by atoms with Gasteiger partial charge in [0.05, 0.1) is 11.6 Å². The molecule has 1 aromatic heterocycles. The number of pyridine rings is 1. The van der Waals surface area contributed by atoms with Crippen LogP contribution in [0.4, 0.5) is 0 Å². The number of nitriles is 1. The second kappa shape index (κ2) is 4.02. The predicted octanol–water partition coefficient (Wildman–Crippen LogP) is 3.37. The van der Waals surface area contributed by atoms with Crippen LogP contribution in [-0.4, -0.2) is 4.98 Å². The van der Waals surface area contributed by atoms with E-state index in [4.69, 9.17) is 5.26 Å². The predicted molar refractivity (Wildman–Crippen MR) is 61.7 cm³/mol. The molecular formula is C13H18N2. The molecule has 0 aliphatic carbocycles. The average Bonchev–Trinajstić information content (AvgIpc) is 2.15. The van der Waals surface area contributed by atoms with E-state index in [1.165, 1.54) is 0 Å². The zero-order valence-corrected chi connectivity index (χ0v) is 10.1. The zero-order valence-electron chi connectivity index (χ0n) is 10.1. The molecular weight excluding hydrogens is 184 g/mol. The molecule has 1 aromatic rings. The molecule has 80 valence electrons. The summed E-state index contributed by atoms with van der Waals surface area (Å²) in [4.78, 5) is 4.40. The first-order chi connectivity index (χ1) is 6.88. The third kappa shape index (κ3) is 2.36. The molecule has 1 rings (SSSR count). The van der Waals surface area contributed by atoms with E-state index in [1.807, 2.05) is 0 Å². The van der Waals surface area contributed by atoms with Crippen LogP contribution in [0, 0.1) is 11.3 Å². The van der Waals surface area contributed by atoms with E-state index in [0.717, 1.165) is 16.8 Å². The Morgan fingerprint density at radius 3 is 2.33 bits per heavy atom. The van der Waals surface area contributed by atoms with E-state index in [0.29, 0.717) is 5.92 Å². The fraction of sp³-hybridized carbons (Fsp3) is 0.538. The zero-order chi connectivity index (χ0) is 11.6. The van der Waals surface area contributed by atoms with Crippen LogP contribution in [-0.2, 0) is 5.41 Å². The maximum Gasteiger partial charge on any atom is 0.0996 e. The minimum atomic E-state index is -0.0288. The third-order valence-corrected chi connectivity index (χ3v) is 2.40. The summed E-state index contributed by atoms with van der Waals surface area (Å²) in [5.41, 5.74) is 2.85. The topological polar surface area (TPSA) is 36.7 Å². The van der Waals surface area contributed by atoms with Crippen LogP contribution in [0.15, 0.2) is 12.3 Å². The second-order valence-corrected chi connectivity index (χ2v) is 5.14. The Bertz CT molecular complexity index is 392. The van der Waals surface area contributed by atoms with Gasteiger partial charge in [-0.3, -0.25) is 4.98 Å². The summed E-state index contributed by atoms with van der Waals surface area (Å²) in [6.45, 7) is 10.6. The lowest BCUT2D eigenvalue weighted by atomic mass is 9.80. The van der Waals surface area contributed by atoms with Gasteiger partial charge in [-0.15, -0.1) is 0 Å². The van der Waals surface area contributed by atoms with Crippen LogP contribution in [0.25, 0.3) is 0 Å². The van der Waals surface area contributed by atoms with Crippen molar-refractivity contribution in [2.75, 3.05) is 0 Å². The number of nitrogens with zero attached hydrogens (tertiary/aromatic N) is 2. The van der Waals surface area contributed by atoms with Crippen molar-refractivity contribution in [1.29, 1.82) is 5.26 Å².